The largest absolute Gasteiger partial charge is 0.493 e. The van der Waals surface area contributed by atoms with Crippen LogP contribution in [0.1, 0.15) is 41.1 Å². The van der Waals surface area contributed by atoms with E-state index in [4.69, 9.17) is 9.47 Å². The first-order valence-electron chi connectivity index (χ1n) is 8.23. The molecule has 1 N–H and O–H groups in total. The molecule has 2 aliphatic rings. The molecule has 1 heterocycles. The van der Waals surface area contributed by atoms with Crippen molar-refractivity contribution in [1.29, 1.82) is 0 Å². The summed E-state index contributed by atoms with van der Waals surface area (Å²) in [5, 5.41) is 3.76. The Morgan fingerprint density at radius 2 is 1.65 bits per heavy atom. The minimum atomic E-state index is 0.219. The van der Waals surface area contributed by atoms with Crippen LogP contribution in [0.25, 0.3) is 0 Å². The number of benzene rings is 2. The van der Waals surface area contributed by atoms with Gasteiger partial charge in [0.15, 0.2) is 11.5 Å². The monoisotopic (exact) mass is 309 g/mol. The van der Waals surface area contributed by atoms with Gasteiger partial charge in [-0.25, -0.2) is 0 Å². The Labute approximate surface area is 137 Å². The fraction of sp³-hybridized carbons (Fsp3) is 0.400. The molecule has 2 aromatic rings. The number of fused-ring (bicyclic) bond motifs is 2. The predicted molar refractivity (Wildman–Crippen MR) is 91.5 cm³/mol. The summed E-state index contributed by atoms with van der Waals surface area (Å²) in [5.41, 5.74) is 5.65. The van der Waals surface area contributed by atoms with Gasteiger partial charge in [-0.05, 0) is 48.6 Å². The third-order valence-corrected chi connectivity index (χ3v) is 5.35. The molecule has 120 valence electrons. The summed E-state index contributed by atoms with van der Waals surface area (Å²) in [6.45, 7) is 3.16. The van der Waals surface area contributed by atoms with Crippen LogP contribution in [0.3, 0.4) is 0 Å². The lowest BCUT2D eigenvalue weighted by molar-refractivity contribution is 0.351. The lowest BCUT2D eigenvalue weighted by Crippen LogP contribution is -2.38. The Bertz CT molecular complexity index is 732. The molecular formula is C20H23NO2. The lowest BCUT2D eigenvalue weighted by Gasteiger charge is -2.34. The van der Waals surface area contributed by atoms with Crippen LogP contribution >= 0.6 is 0 Å². The van der Waals surface area contributed by atoms with Crippen molar-refractivity contribution in [3.8, 4) is 11.5 Å². The average molecular weight is 309 g/mol. The van der Waals surface area contributed by atoms with E-state index in [0.717, 1.165) is 18.0 Å². The summed E-state index contributed by atoms with van der Waals surface area (Å²) in [5.74, 6) is 1.64. The number of nitrogens with one attached hydrogen (secondary N) is 1. The Balaban J connectivity index is 1.85. The van der Waals surface area contributed by atoms with Gasteiger partial charge in [0, 0.05) is 12.0 Å². The molecular weight excluding hydrogens is 286 g/mol. The van der Waals surface area contributed by atoms with E-state index in [9.17, 15) is 0 Å². The second-order valence-corrected chi connectivity index (χ2v) is 6.80. The number of hydrogen-bond acceptors (Lipinski definition) is 3. The number of aryl methyl sites for hydroxylation is 1. The van der Waals surface area contributed by atoms with Crippen molar-refractivity contribution in [2.24, 2.45) is 0 Å². The van der Waals surface area contributed by atoms with Crippen LogP contribution in [-0.2, 0) is 5.41 Å². The van der Waals surface area contributed by atoms with Gasteiger partial charge >= 0.3 is 0 Å². The Morgan fingerprint density at radius 1 is 1.00 bits per heavy atom. The molecule has 1 atom stereocenters. The minimum absolute atomic E-state index is 0.219. The van der Waals surface area contributed by atoms with Crippen LogP contribution in [-0.4, -0.2) is 20.8 Å². The quantitative estimate of drug-likeness (QED) is 0.937. The highest BCUT2D eigenvalue weighted by molar-refractivity contribution is 5.56. The van der Waals surface area contributed by atoms with E-state index in [1.165, 1.54) is 35.1 Å². The summed E-state index contributed by atoms with van der Waals surface area (Å²) >= 11 is 0. The molecule has 1 spiro atoms. The average Bonchev–Trinajstić information content (AvgIpc) is 3.36. The molecule has 0 amide bonds. The summed E-state index contributed by atoms with van der Waals surface area (Å²) < 4.78 is 11.1. The van der Waals surface area contributed by atoms with Gasteiger partial charge in [-0.2, -0.15) is 0 Å². The van der Waals surface area contributed by atoms with E-state index >= 15 is 0 Å². The van der Waals surface area contributed by atoms with Gasteiger partial charge in [-0.3, -0.25) is 0 Å². The molecule has 1 aliphatic carbocycles. The third-order valence-electron chi connectivity index (χ3n) is 5.35. The predicted octanol–water partition coefficient (Wildman–Crippen LogP) is 3.74. The highest BCUT2D eigenvalue weighted by Crippen LogP contribution is 2.54. The highest BCUT2D eigenvalue weighted by atomic mass is 16.5. The zero-order valence-electron chi connectivity index (χ0n) is 14.0. The van der Waals surface area contributed by atoms with Crippen LogP contribution in [0, 0.1) is 6.92 Å². The molecule has 0 radical (unpaired) electrons. The van der Waals surface area contributed by atoms with Crippen LogP contribution < -0.4 is 14.8 Å². The fourth-order valence-corrected chi connectivity index (χ4v) is 3.75. The van der Waals surface area contributed by atoms with Gasteiger partial charge < -0.3 is 14.8 Å². The molecule has 0 aromatic heterocycles. The molecule has 0 bridgehead atoms. The van der Waals surface area contributed by atoms with Gasteiger partial charge in [-0.1, -0.05) is 29.8 Å². The van der Waals surface area contributed by atoms with Crippen molar-refractivity contribution < 1.29 is 9.47 Å². The second-order valence-electron chi connectivity index (χ2n) is 6.80. The molecule has 3 heteroatoms. The first-order chi connectivity index (χ1) is 11.2. The summed E-state index contributed by atoms with van der Waals surface area (Å²) in [7, 11) is 3.41. The van der Waals surface area contributed by atoms with Crippen molar-refractivity contribution in [2.75, 3.05) is 20.8 Å². The maximum atomic E-state index is 5.54. The second kappa shape index (κ2) is 5.27. The Morgan fingerprint density at radius 3 is 2.26 bits per heavy atom. The van der Waals surface area contributed by atoms with Crippen molar-refractivity contribution in [3.05, 3.63) is 58.7 Å². The van der Waals surface area contributed by atoms with Crippen molar-refractivity contribution in [1.82, 2.24) is 5.32 Å². The number of ether oxygens (including phenoxy) is 2. The van der Waals surface area contributed by atoms with Gasteiger partial charge in [0.25, 0.3) is 0 Å². The maximum absolute atomic E-state index is 5.54. The van der Waals surface area contributed by atoms with Crippen molar-refractivity contribution in [2.45, 2.75) is 31.2 Å². The normalized spacial score (nSPS) is 20.9. The van der Waals surface area contributed by atoms with Crippen LogP contribution in [0.4, 0.5) is 0 Å². The molecule has 1 aliphatic heterocycles. The number of hydrogen-bond donors (Lipinski definition) is 1. The Hall–Kier alpha value is -2.00. The Kier molecular flexibility index (Phi) is 3.34. The molecule has 1 fully saturated rings. The van der Waals surface area contributed by atoms with Gasteiger partial charge in [0.05, 0.1) is 20.3 Å². The smallest absolute Gasteiger partial charge is 0.161 e. The molecule has 2 aromatic carbocycles. The van der Waals surface area contributed by atoms with E-state index in [2.05, 4.69) is 48.6 Å². The van der Waals surface area contributed by atoms with E-state index in [-0.39, 0.29) is 6.04 Å². The van der Waals surface area contributed by atoms with Gasteiger partial charge in [0.1, 0.15) is 0 Å². The molecule has 1 saturated carbocycles. The zero-order chi connectivity index (χ0) is 16.0. The van der Waals surface area contributed by atoms with Crippen LogP contribution in [0.5, 0.6) is 11.5 Å². The topological polar surface area (TPSA) is 30.5 Å². The first-order valence-corrected chi connectivity index (χ1v) is 8.23. The SMILES string of the molecule is COc1cc2c(cc1OC)C1(CC1)CNC2c1ccc(C)cc1. The van der Waals surface area contributed by atoms with Crippen LogP contribution in [0.15, 0.2) is 36.4 Å². The van der Waals surface area contributed by atoms with E-state index in [0.29, 0.717) is 5.41 Å². The molecule has 0 saturated heterocycles. The fourth-order valence-electron chi connectivity index (χ4n) is 3.75. The molecule has 3 nitrogen and oxygen atoms in total. The van der Waals surface area contributed by atoms with Crippen molar-refractivity contribution in [3.63, 3.8) is 0 Å². The third kappa shape index (κ3) is 2.31. The van der Waals surface area contributed by atoms with Gasteiger partial charge in [0.2, 0.25) is 0 Å². The lowest BCUT2D eigenvalue weighted by atomic mass is 9.81. The summed E-state index contributed by atoms with van der Waals surface area (Å²) in [4.78, 5) is 0. The zero-order valence-corrected chi connectivity index (χ0v) is 14.0. The number of methoxy groups -OCH3 is 2. The van der Waals surface area contributed by atoms with Crippen molar-refractivity contribution >= 4 is 0 Å². The minimum Gasteiger partial charge on any atom is -0.493 e. The van der Waals surface area contributed by atoms with E-state index < -0.39 is 0 Å². The van der Waals surface area contributed by atoms with Crippen LogP contribution in [0.2, 0.25) is 0 Å². The summed E-state index contributed by atoms with van der Waals surface area (Å²) in [6, 6.07) is 13.4. The standard InChI is InChI=1S/C20H23NO2/c1-13-4-6-14(7-5-13)19-15-10-17(22-2)18(23-3)11-16(15)20(8-9-20)12-21-19/h4-7,10-11,19,21H,8-9,12H2,1-3H3. The molecule has 23 heavy (non-hydrogen) atoms. The first kappa shape index (κ1) is 14.6. The molecule has 1 unspecified atom stereocenters. The maximum Gasteiger partial charge on any atom is 0.161 e. The van der Waals surface area contributed by atoms with E-state index in [1.54, 1.807) is 14.2 Å². The molecule has 4 rings (SSSR count). The van der Waals surface area contributed by atoms with Gasteiger partial charge in [-0.15, -0.1) is 0 Å². The number of rotatable bonds is 3. The van der Waals surface area contributed by atoms with E-state index in [1.807, 2.05) is 0 Å². The summed E-state index contributed by atoms with van der Waals surface area (Å²) in [6.07, 6.45) is 2.51. The highest BCUT2D eigenvalue weighted by Gasteiger charge is 2.49.